The van der Waals surface area contributed by atoms with Crippen LogP contribution in [0, 0.1) is 11.8 Å². The zero-order valence-corrected chi connectivity index (χ0v) is 11.3. The standard InChI is InChI=1S/C15H28N2/c1-2-12-8-14(16-9-13-4-3-5-13)11-17(10-12)15-6-7-15/h12-16H,2-11H2,1H3. The summed E-state index contributed by atoms with van der Waals surface area (Å²) < 4.78 is 0. The average Bonchev–Trinajstić information content (AvgIpc) is 3.10. The molecule has 0 aromatic carbocycles. The van der Waals surface area contributed by atoms with Gasteiger partial charge in [0.05, 0.1) is 0 Å². The number of piperidine rings is 1. The Morgan fingerprint density at radius 1 is 1.06 bits per heavy atom. The van der Waals surface area contributed by atoms with E-state index in [1.165, 1.54) is 64.6 Å². The first-order chi connectivity index (χ1) is 8.35. The Balaban J connectivity index is 1.47. The highest BCUT2D eigenvalue weighted by atomic mass is 15.2. The molecule has 1 aliphatic heterocycles. The van der Waals surface area contributed by atoms with Crippen molar-refractivity contribution >= 4 is 0 Å². The summed E-state index contributed by atoms with van der Waals surface area (Å²) in [6, 6.07) is 1.74. The summed E-state index contributed by atoms with van der Waals surface area (Å²) >= 11 is 0. The molecular formula is C15H28N2. The van der Waals surface area contributed by atoms with Crippen molar-refractivity contribution in [3.8, 4) is 0 Å². The van der Waals surface area contributed by atoms with E-state index in [0.29, 0.717) is 0 Å². The lowest BCUT2D eigenvalue weighted by atomic mass is 9.84. The normalized spacial score (nSPS) is 35.8. The Bertz CT molecular complexity index is 245. The van der Waals surface area contributed by atoms with Crippen LogP contribution >= 0.6 is 0 Å². The van der Waals surface area contributed by atoms with Crippen molar-refractivity contribution in [2.45, 2.75) is 64.0 Å². The van der Waals surface area contributed by atoms with Gasteiger partial charge in [-0.3, -0.25) is 4.90 Å². The number of nitrogens with zero attached hydrogens (tertiary/aromatic N) is 1. The summed E-state index contributed by atoms with van der Waals surface area (Å²) in [4.78, 5) is 2.77. The van der Waals surface area contributed by atoms with Gasteiger partial charge < -0.3 is 5.32 Å². The first kappa shape index (κ1) is 12.0. The maximum atomic E-state index is 3.86. The fraction of sp³-hybridized carbons (Fsp3) is 1.00. The molecule has 0 amide bonds. The number of likely N-dealkylation sites (tertiary alicyclic amines) is 1. The fourth-order valence-corrected chi connectivity index (χ4v) is 3.45. The summed E-state index contributed by atoms with van der Waals surface area (Å²) in [6.07, 6.45) is 10.1. The highest BCUT2D eigenvalue weighted by Crippen LogP contribution is 2.32. The third-order valence-corrected chi connectivity index (χ3v) is 5.13. The molecule has 2 atom stereocenters. The topological polar surface area (TPSA) is 15.3 Å². The molecule has 2 unspecified atom stereocenters. The van der Waals surface area contributed by atoms with Crippen LogP contribution in [0.4, 0.5) is 0 Å². The molecule has 1 saturated heterocycles. The van der Waals surface area contributed by atoms with Gasteiger partial charge in [-0.05, 0) is 50.5 Å². The van der Waals surface area contributed by atoms with Crippen molar-refractivity contribution in [2.75, 3.05) is 19.6 Å². The lowest BCUT2D eigenvalue weighted by Gasteiger charge is -2.39. The zero-order chi connectivity index (χ0) is 11.7. The van der Waals surface area contributed by atoms with E-state index in [9.17, 15) is 0 Å². The molecule has 2 nitrogen and oxygen atoms in total. The predicted octanol–water partition coefficient (Wildman–Crippen LogP) is 2.64. The van der Waals surface area contributed by atoms with E-state index in [1.807, 2.05) is 0 Å². The number of nitrogens with one attached hydrogen (secondary N) is 1. The van der Waals surface area contributed by atoms with E-state index >= 15 is 0 Å². The van der Waals surface area contributed by atoms with Crippen LogP contribution in [0.1, 0.15) is 51.9 Å². The maximum Gasteiger partial charge on any atom is 0.0198 e. The quantitative estimate of drug-likeness (QED) is 0.789. The van der Waals surface area contributed by atoms with Crippen LogP contribution in [-0.4, -0.2) is 36.6 Å². The number of hydrogen-bond donors (Lipinski definition) is 1. The minimum absolute atomic E-state index is 0.787. The minimum atomic E-state index is 0.787. The molecule has 0 aromatic rings. The van der Waals surface area contributed by atoms with Gasteiger partial charge in [0.15, 0.2) is 0 Å². The monoisotopic (exact) mass is 236 g/mol. The van der Waals surface area contributed by atoms with Gasteiger partial charge >= 0.3 is 0 Å². The highest BCUT2D eigenvalue weighted by molar-refractivity contribution is 4.92. The van der Waals surface area contributed by atoms with Gasteiger partial charge in [0.2, 0.25) is 0 Å². The molecule has 3 aliphatic rings. The second kappa shape index (κ2) is 5.27. The number of hydrogen-bond acceptors (Lipinski definition) is 2. The van der Waals surface area contributed by atoms with Gasteiger partial charge in [0.25, 0.3) is 0 Å². The summed E-state index contributed by atoms with van der Waals surface area (Å²) in [5.74, 6) is 1.95. The van der Waals surface area contributed by atoms with Gasteiger partial charge in [0.1, 0.15) is 0 Å². The van der Waals surface area contributed by atoms with E-state index in [-0.39, 0.29) is 0 Å². The van der Waals surface area contributed by atoms with E-state index < -0.39 is 0 Å². The Hall–Kier alpha value is -0.0800. The molecule has 0 spiro atoms. The van der Waals surface area contributed by atoms with Gasteiger partial charge in [-0.15, -0.1) is 0 Å². The van der Waals surface area contributed by atoms with E-state index in [4.69, 9.17) is 0 Å². The third-order valence-electron chi connectivity index (χ3n) is 5.13. The largest absolute Gasteiger partial charge is 0.312 e. The Morgan fingerprint density at radius 2 is 1.88 bits per heavy atom. The summed E-state index contributed by atoms with van der Waals surface area (Å²) in [5.41, 5.74) is 0. The van der Waals surface area contributed by atoms with Crippen molar-refractivity contribution in [1.29, 1.82) is 0 Å². The first-order valence-electron chi connectivity index (χ1n) is 7.82. The average molecular weight is 236 g/mol. The van der Waals surface area contributed by atoms with Crippen LogP contribution in [-0.2, 0) is 0 Å². The molecule has 0 radical (unpaired) electrons. The Morgan fingerprint density at radius 3 is 2.47 bits per heavy atom. The molecule has 3 fully saturated rings. The lowest BCUT2D eigenvalue weighted by molar-refractivity contribution is 0.125. The predicted molar refractivity (Wildman–Crippen MR) is 72.1 cm³/mol. The SMILES string of the molecule is CCC1CC(NCC2CCC2)CN(C2CC2)C1. The van der Waals surface area contributed by atoms with Crippen LogP contribution in [0.2, 0.25) is 0 Å². The molecular weight excluding hydrogens is 208 g/mol. The van der Waals surface area contributed by atoms with Crippen molar-refractivity contribution in [3.05, 3.63) is 0 Å². The van der Waals surface area contributed by atoms with Gasteiger partial charge in [-0.25, -0.2) is 0 Å². The molecule has 98 valence electrons. The molecule has 1 N–H and O–H groups in total. The Labute approximate surface area is 106 Å². The zero-order valence-electron chi connectivity index (χ0n) is 11.3. The molecule has 0 aromatic heterocycles. The second-order valence-electron chi connectivity index (χ2n) is 6.60. The molecule has 3 rings (SSSR count). The maximum absolute atomic E-state index is 3.86. The van der Waals surface area contributed by atoms with Crippen LogP contribution in [0.15, 0.2) is 0 Å². The van der Waals surface area contributed by atoms with Gasteiger partial charge in [-0.1, -0.05) is 19.8 Å². The second-order valence-corrected chi connectivity index (χ2v) is 6.60. The van der Waals surface area contributed by atoms with Crippen LogP contribution < -0.4 is 5.32 Å². The summed E-state index contributed by atoms with van der Waals surface area (Å²) in [5, 5.41) is 3.86. The van der Waals surface area contributed by atoms with Crippen molar-refractivity contribution in [3.63, 3.8) is 0 Å². The molecule has 2 heteroatoms. The smallest absolute Gasteiger partial charge is 0.0198 e. The number of rotatable bonds is 5. The van der Waals surface area contributed by atoms with Crippen molar-refractivity contribution in [2.24, 2.45) is 11.8 Å². The molecule has 17 heavy (non-hydrogen) atoms. The molecule has 2 aliphatic carbocycles. The van der Waals surface area contributed by atoms with Crippen LogP contribution in [0.25, 0.3) is 0 Å². The van der Waals surface area contributed by atoms with Gasteiger partial charge in [-0.2, -0.15) is 0 Å². The fourth-order valence-electron chi connectivity index (χ4n) is 3.45. The van der Waals surface area contributed by atoms with Crippen LogP contribution in [0.5, 0.6) is 0 Å². The first-order valence-corrected chi connectivity index (χ1v) is 7.82. The lowest BCUT2D eigenvalue weighted by Crippen LogP contribution is -2.51. The van der Waals surface area contributed by atoms with Crippen molar-refractivity contribution in [1.82, 2.24) is 10.2 Å². The van der Waals surface area contributed by atoms with Crippen molar-refractivity contribution < 1.29 is 0 Å². The van der Waals surface area contributed by atoms with E-state index in [0.717, 1.165) is 23.9 Å². The van der Waals surface area contributed by atoms with E-state index in [2.05, 4.69) is 17.1 Å². The van der Waals surface area contributed by atoms with Gasteiger partial charge in [0, 0.05) is 25.2 Å². The van der Waals surface area contributed by atoms with E-state index in [1.54, 1.807) is 0 Å². The third kappa shape index (κ3) is 3.03. The molecule has 0 bridgehead atoms. The molecule has 2 saturated carbocycles. The molecule has 1 heterocycles. The summed E-state index contributed by atoms with van der Waals surface area (Å²) in [6.45, 7) is 6.36. The Kier molecular flexibility index (Phi) is 3.72. The summed E-state index contributed by atoms with van der Waals surface area (Å²) in [7, 11) is 0. The highest BCUT2D eigenvalue weighted by Gasteiger charge is 2.35. The minimum Gasteiger partial charge on any atom is -0.312 e. The van der Waals surface area contributed by atoms with Crippen LogP contribution in [0.3, 0.4) is 0 Å².